The van der Waals surface area contributed by atoms with Gasteiger partial charge in [0.05, 0.1) is 18.1 Å². The van der Waals surface area contributed by atoms with Gasteiger partial charge in [0, 0.05) is 6.42 Å². The van der Waals surface area contributed by atoms with Gasteiger partial charge >= 0.3 is 0 Å². The lowest BCUT2D eigenvalue weighted by Crippen LogP contribution is -2.37. The van der Waals surface area contributed by atoms with Crippen molar-refractivity contribution in [1.82, 2.24) is 4.90 Å². The van der Waals surface area contributed by atoms with Gasteiger partial charge in [-0.2, -0.15) is 0 Å². The van der Waals surface area contributed by atoms with Gasteiger partial charge in [-0.1, -0.05) is 30.3 Å². The van der Waals surface area contributed by atoms with Crippen LogP contribution >= 0.6 is 0 Å². The number of aliphatic hydroxyl groups is 1. The number of ether oxygens (including phenoxy) is 1. The molecule has 0 radical (unpaired) electrons. The third-order valence-electron chi connectivity index (χ3n) is 4.23. The average molecular weight is 261 g/mol. The highest BCUT2D eigenvalue weighted by Gasteiger charge is 2.51. The fourth-order valence-corrected chi connectivity index (χ4v) is 3.18. The molecule has 102 valence electrons. The van der Waals surface area contributed by atoms with E-state index in [-0.39, 0.29) is 30.2 Å². The summed E-state index contributed by atoms with van der Waals surface area (Å²) in [5.74, 6) is -0.296. The Morgan fingerprint density at radius 1 is 1.37 bits per heavy atom. The monoisotopic (exact) mass is 261 g/mol. The summed E-state index contributed by atoms with van der Waals surface area (Å²) >= 11 is 0. The minimum atomic E-state index is -0.607. The van der Waals surface area contributed by atoms with Gasteiger partial charge in [-0.15, -0.1) is 0 Å². The van der Waals surface area contributed by atoms with Gasteiger partial charge in [-0.3, -0.25) is 4.79 Å². The van der Waals surface area contributed by atoms with Crippen molar-refractivity contribution in [2.24, 2.45) is 5.92 Å². The lowest BCUT2D eigenvalue weighted by Gasteiger charge is -2.22. The first kappa shape index (κ1) is 12.6. The molecule has 0 aliphatic carbocycles. The van der Waals surface area contributed by atoms with Crippen molar-refractivity contribution in [2.75, 3.05) is 0 Å². The van der Waals surface area contributed by atoms with Crippen LogP contribution in [0.5, 0.6) is 0 Å². The maximum Gasteiger partial charge on any atom is 0.230 e. The van der Waals surface area contributed by atoms with E-state index < -0.39 is 6.10 Å². The minimum Gasteiger partial charge on any atom is -0.393 e. The van der Waals surface area contributed by atoms with Gasteiger partial charge in [0.25, 0.3) is 0 Å². The molecule has 5 atom stereocenters. The molecule has 1 aromatic carbocycles. The van der Waals surface area contributed by atoms with Crippen LogP contribution in [0.4, 0.5) is 0 Å². The van der Waals surface area contributed by atoms with E-state index >= 15 is 0 Å². The van der Waals surface area contributed by atoms with E-state index in [2.05, 4.69) is 0 Å². The van der Waals surface area contributed by atoms with Crippen molar-refractivity contribution in [3.05, 3.63) is 35.9 Å². The predicted molar refractivity (Wildman–Crippen MR) is 70.2 cm³/mol. The largest absolute Gasteiger partial charge is 0.393 e. The molecule has 1 amide bonds. The van der Waals surface area contributed by atoms with Crippen LogP contribution in [-0.4, -0.2) is 34.3 Å². The normalized spacial score (nSPS) is 35.5. The lowest BCUT2D eigenvalue weighted by atomic mass is 10.00. The van der Waals surface area contributed by atoms with Crippen molar-refractivity contribution < 1.29 is 14.6 Å². The standard InChI is InChI=1S/C15H19NO3/c1-9-14(11-6-4-3-5-7-11)19-13-8-12(10(2)17)15(18)16(9)13/h3-7,9-10,12-14,17H,8H2,1-2H3/t9-,10-,12+,13-,14-/m0/s1. The molecule has 0 bridgehead atoms. The zero-order valence-electron chi connectivity index (χ0n) is 11.2. The zero-order chi connectivity index (χ0) is 13.6. The molecule has 1 aromatic rings. The van der Waals surface area contributed by atoms with Crippen molar-refractivity contribution >= 4 is 5.91 Å². The van der Waals surface area contributed by atoms with E-state index in [1.807, 2.05) is 37.3 Å². The van der Waals surface area contributed by atoms with Crippen LogP contribution in [0.25, 0.3) is 0 Å². The van der Waals surface area contributed by atoms with E-state index in [0.717, 1.165) is 5.56 Å². The lowest BCUT2D eigenvalue weighted by molar-refractivity contribution is -0.135. The molecule has 2 aliphatic heterocycles. The first-order valence-electron chi connectivity index (χ1n) is 6.80. The van der Waals surface area contributed by atoms with E-state index in [1.54, 1.807) is 11.8 Å². The highest BCUT2D eigenvalue weighted by molar-refractivity contribution is 5.82. The fourth-order valence-electron chi connectivity index (χ4n) is 3.18. The summed E-state index contributed by atoms with van der Waals surface area (Å²) in [4.78, 5) is 14.1. The van der Waals surface area contributed by atoms with E-state index in [0.29, 0.717) is 6.42 Å². The Kier molecular flexibility index (Phi) is 3.07. The number of carbonyl (C=O) groups excluding carboxylic acids is 1. The first-order valence-corrected chi connectivity index (χ1v) is 6.80. The Hall–Kier alpha value is -1.39. The number of nitrogens with zero attached hydrogens (tertiary/aromatic N) is 1. The van der Waals surface area contributed by atoms with Crippen molar-refractivity contribution in [3.8, 4) is 0 Å². The molecule has 1 N–H and O–H groups in total. The van der Waals surface area contributed by atoms with Crippen LogP contribution in [0.1, 0.15) is 31.9 Å². The summed E-state index contributed by atoms with van der Waals surface area (Å²) in [6, 6.07) is 10.0. The zero-order valence-corrected chi connectivity index (χ0v) is 11.2. The Morgan fingerprint density at radius 3 is 2.63 bits per heavy atom. The van der Waals surface area contributed by atoms with Gasteiger partial charge in [0.2, 0.25) is 5.91 Å². The van der Waals surface area contributed by atoms with Crippen LogP contribution in [0.3, 0.4) is 0 Å². The molecular weight excluding hydrogens is 242 g/mol. The number of benzene rings is 1. The average Bonchev–Trinajstić information content (AvgIpc) is 2.89. The van der Waals surface area contributed by atoms with Gasteiger partial charge < -0.3 is 14.7 Å². The van der Waals surface area contributed by atoms with Gasteiger partial charge in [-0.25, -0.2) is 0 Å². The maximum atomic E-state index is 12.3. The summed E-state index contributed by atoms with van der Waals surface area (Å²) in [7, 11) is 0. The summed E-state index contributed by atoms with van der Waals surface area (Å²) in [6.45, 7) is 3.68. The predicted octanol–water partition coefficient (Wildman–Crippen LogP) is 1.70. The molecule has 3 rings (SSSR count). The van der Waals surface area contributed by atoms with Crippen molar-refractivity contribution in [2.45, 2.75) is 44.7 Å². The number of hydrogen-bond donors (Lipinski definition) is 1. The summed E-state index contributed by atoms with van der Waals surface area (Å²) in [5, 5.41) is 9.64. The second-order valence-corrected chi connectivity index (χ2v) is 5.49. The highest BCUT2D eigenvalue weighted by atomic mass is 16.5. The molecule has 4 heteroatoms. The van der Waals surface area contributed by atoms with E-state index in [9.17, 15) is 9.90 Å². The molecule has 2 heterocycles. The summed E-state index contributed by atoms with van der Waals surface area (Å²) < 4.78 is 6.03. The van der Waals surface area contributed by atoms with Crippen molar-refractivity contribution in [1.29, 1.82) is 0 Å². The second kappa shape index (κ2) is 4.62. The molecule has 4 nitrogen and oxygen atoms in total. The highest BCUT2D eigenvalue weighted by Crippen LogP contribution is 2.42. The third-order valence-corrected chi connectivity index (χ3v) is 4.23. The smallest absolute Gasteiger partial charge is 0.230 e. The Labute approximate surface area is 113 Å². The molecule has 0 spiro atoms. The topological polar surface area (TPSA) is 49.8 Å². The molecular formula is C15H19NO3. The van der Waals surface area contributed by atoms with Crippen LogP contribution in [-0.2, 0) is 9.53 Å². The van der Waals surface area contributed by atoms with Gasteiger partial charge in [-0.05, 0) is 19.4 Å². The minimum absolute atomic E-state index is 0.0173. The molecule has 0 unspecified atom stereocenters. The number of carbonyl (C=O) groups is 1. The van der Waals surface area contributed by atoms with E-state index in [1.165, 1.54) is 0 Å². The van der Waals surface area contributed by atoms with Crippen LogP contribution in [0, 0.1) is 5.92 Å². The Balaban J connectivity index is 1.82. The second-order valence-electron chi connectivity index (χ2n) is 5.49. The Bertz CT molecular complexity index is 474. The Morgan fingerprint density at radius 2 is 2.05 bits per heavy atom. The van der Waals surface area contributed by atoms with E-state index in [4.69, 9.17) is 4.74 Å². The molecule has 2 fully saturated rings. The number of hydrogen-bond acceptors (Lipinski definition) is 3. The summed E-state index contributed by atoms with van der Waals surface area (Å²) in [5.41, 5.74) is 1.10. The number of amides is 1. The number of fused-ring (bicyclic) bond motifs is 1. The maximum absolute atomic E-state index is 12.3. The molecule has 2 aliphatic rings. The first-order chi connectivity index (χ1) is 9.09. The van der Waals surface area contributed by atoms with Gasteiger partial charge in [0.15, 0.2) is 0 Å². The van der Waals surface area contributed by atoms with Crippen LogP contribution in [0.15, 0.2) is 30.3 Å². The SMILES string of the molecule is C[C@H](O)[C@H]1C[C@@H]2O[C@H](c3ccccc3)[C@H](C)N2C1=O. The quantitative estimate of drug-likeness (QED) is 0.881. The third kappa shape index (κ3) is 1.95. The fraction of sp³-hybridized carbons (Fsp3) is 0.533. The van der Waals surface area contributed by atoms with Gasteiger partial charge in [0.1, 0.15) is 12.3 Å². The number of aliphatic hydroxyl groups excluding tert-OH is 1. The van der Waals surface area contributed by atoms with Crippen LogP contribution in [0.2, 0.25) is 0 Å². The molecule has 0 aromatic heterocycles. The molecule has 0 saturated carbocycles. The van der Waals surface area contributed by atoms with Crippen molar-refractivity contribution in [3.63, 3.8) is 0 Å². The summed E-state index contributed by atoms with van der Waals surface area (Å²) in [6.07, 6.45) is -0.272. The molecule has 2 saturated heterocycles. The van der Waals surface area contributed by atoms with Crippen LogP contribution < -0.4 is 0 Å². The number of rotatable bonds is 2. The molecule has 19 heavy (non-hydrogen) atoms.